The van der Waals surface area contributed by atoms with E-state index in [0.29, 0.717) is 5.75 Å². The number of esters is 3. The molecule has 0 unspecified atom stereocenters. The van der Waals surface area contributed by atoms with Gasteiger partial charge in [0.15, 0.2) is 6.61 Å². The van der Waals surface area contributed by atoms with Gasteiger partial charge in [-0.05, 0) is 31.0 Å². The zero-order valence-electron chi connectivity index (χ0n) is 16.0. The highest BCUT2D eigenvalue weighted by atomic mass is 32.1. The van der Waals surface area contributed by atoms with Gasteiger partial charge in [-0.15, -0.1) is 11.3 Å². The lowest BCUT2D eigenvalue weighted by atomic mass is 10.1. The van der Waals surface area contributed by atoms with Gasteiger partial charge in [0.25, 0.3) is 0 Å². The number of aryl methyl sites for hydroxylation is 2. The third-order valence-corrected chi connectivity index (χ3v) is 4.90. The summed E-state index contributed by atoms with van der Waals surface area (Å²) in [6.07, 6.45) is 0. The summed E-state index contributed by atoms with van der Waals surface area (Å²) in [6, 6.07) is 5.63. The first-order chi connectivity index (χ1) is 13.3. The second-order valence-corrected chi connectivity index (χ2v) is 6.90. The smallest absolute Gasteiger partial charge is 0.348 e. The van der Waals surface area contributed by atoms with Crippen molar-refractivity contribution in [2.45, 2.75) is 20.5 Å². The maximum atomic E-state index is 12.1. The molecule has 0 radical (unpaired) electrons. The van der Waals surface area contributed by atoms with Crippen LogP contribution >= 0.6 is 11.3 Å². The van der Waals surface area contributed by atoms with E-state index in [1.54, 1.807) is 0 Å². The Kier molecular flexibility index (Phi) is 7.00. The van der Waals surface area contributed by atoms with Crippen LogP contribution in [0.3, 0.4) is 0 Å². The Hall–Kier alpha value is -3.07. The lowest BCUT2D eigenvalue weighted by Crippen LogP contribution is -2.17. The second kappa shape index (κ2) is 9.23. The fraction of sp³-hybridized carbons (Fsp3) is 0.316. The Balaban J connectivity index is 2.12. The van der Waals surface area contributed by atoms with Crippen LogP contribution in [0.1, 0.15) is 36.7 Å². The lowest BCUT2D eigenvalue weighted by Gasteiger charge is -2.11. The topological polar surface area (TPSA) is 114 Å². The molecule has 2 N–H and O–H groups in total. The summed E-state index contributed by atoms with van der Waals surface area (Å²) in [6.45, 7) is 3.09. The van der Waals surface area contributed by atoms with Crippen LogP contribution in [0.2, 0.25) is 0 Å². The number of hydrogen-bond acceptors (Lipinski definition) is 9. The number of benzene rings is 1. The van der Waals surface area contributed by atoms with Gasteiger partial charge in [0.2, 0.25) is 0 Å². The molecule has 0 bridgehead atoms. The molecule has 0 fully saturated rings. The lowest BCUT2D eigenvalue weighted by molar-refractivity contribution is -0.147. The highest BCUT2D eigenvalue weighted by Crippen LogP contribution is 2.33. The van der Waals surface area contributed by atoms with Crippen molar-refractivity contribution in [3.05, 3.63) is 45.3 Å². The van der Waals surface area contributed by atoms with Crippen molar-refractivity contribution in [1.82, 2.24) is 0 Å². The summed E-state index contributed by atoms with van der Waals surface area (Å²) in [5.74, 6) is -1.52. The van der Waals surface area contributed by atoms with E-state index in [4.69, 9.17) is 24.7 Å². The van der Waals surface area contributed by atoms with Crippen molar-refractivity contribution in [2.24, 2.45) is 0 Å². The van der Waals surface area contributed by atoms with Crippen LogP contribution in [0.4, 0.5) is 5.00 Å². The van der Waals surface area contributed by atoms with Crippen molar-refractivity contribution in [1.29, 1.82) is 0 Å². The molecular formula is C19H21NO7S. The molecule has 0 aliphatic carbocycles. The van der Waals surface area contributed by atoms with Crippen molar-refractivity contribution >= 4 is 34.2 Å². The molecule has 0 spiro atoms. The summed E-state index contributed by atoms with van der Waals surface area (Å²) < 4.78 is 20.1. The standard InChI is InChI=1S/C19H21NO7S/c1-10-5-6-11(2)13(7-10)26-9-14(21)27-8-12-15(18(22)24-3)17(20)28-16(12)19(23)25-4/h5-7H,8-9,20H2,1-4H3. The molecule has 0 atom stereocenters. The average Bonchev–Trinajstić information content (AvgIpc) is 3.01. The van der Waals surface area contributed by atoms with Crippen LogP contribution in [-0.4, -0.2) is 38.7 Å². The maximum absolute atomic E-state index is 12.1. The summed E-state index contributed by atoms with van der Waals surface area (Å²) in [5, 5.41) is 0.0740. The predicted octanol–water partition coefficient (Wildman–Crippen LogP) is 2.64. The SMILES string of the molecule is COC(=O)c1sc(N)c(C(=O)OC)c1COC(=O)COc1cc(C)ccc1C. The largest absolute Gasteiger partial charge is 0.482 e. The molecule has 1 aromatic heterocycles. The molecule has 0 aliphatic heterocycles. The molecular weight excluding hydrogens is 386 g/mol. The Bertz CT molecular complexity index is 904. The van der Waals surface area contributed by atoms with Crippen molar-refractivity contribution in [3.8, 4) is 5.75 Å². The van der Waals surface area contributed by atoms with Crippen LogP contribution in [0.5, 0.6) is 5.75 Å². The Morgan fingerprint density at radius 2 is 1.75 bits per heavy atom. The molecule has 28 heavy (non-hydrogen) atoms. The van der Waals surface area contributed by atoms with E-state index in [9.17, 15) is 14.4 Å². The van der Waals surface area contributed by atoms with Crippen LogP contribution in [0, 0.1) is 13.8 Å². The number of hydrogen-bond donors (Lipinski definition) is 1. The van der Waals surface area contributed by atoms with Gasteiger partial charge >= 0.3 is 17.9 Å². The number of nitrogens with two attached hydrogens (primary N) is 1. The number of rotatable bonds is 7. The highest BCUT2D eigenvalue weighted by molar-refractivity contribution is 7.18. The number of ether oxygens (including phenoxy) is 4. The van der Waals surface area contributed by atoms with E-state index in [2.05, 4.69) is 0 Å². The molecule has 1 heterocycles. The van der Waals surface area contributed by atoms with E-state index in [1.807, 2.05) is 32.0 Å². The second-order valence-electron chi connectivity index (χ2n) is 5.85. The van der Waals surface area contributed by atoms with Gasteiger partial charge in [-0.3, -0.25) is 0 Å². The molecule has 8 nitrogen and oxygen atoms in total. The third-order valence-electron chi connectivity index (χ3n) is 3.86. The van der Waals surface area contributed by atoms with Gasteiger partial charge in [-0.1, -0.05) is 12.1 Å². The molecule has 1 aromatic carbocycles. The van der Waals surface area contributed by atoms with E-state index in [1.165, 1.54) is 14.2 Å². The molecule has 2 rings (SSSR count). The monoisotopic (exact) mass is 407 g/mol. The zero-order valence-corrected chi connectivity index (χ0v) is 16.8. The molecule has 0 amide bonds. The Labute approximate surface area is 166 Å². The minimum atomic E-state index is -0.735. The minimum absolute atomic E-state index is 0.0175. The van der Waals surface area contributed by atoms with Crippen molar-refractivity contribution in [3.63, 3.8) is 0 Å². The normalized spacial score (nSPS) is 10.3. The number of carbonyl (C=O) groups excluding carboxylic acids is 3. The molecule has 0 saturated heterocycles. The van der Waals surface area contributed by atoms with Crippen LogP contribution in [-0.2, 0) is 25.6 Å². The number of thiophene rings is 1. The fourth-order valence-electron chi connectivity index (χ4n) is 2.40. The maximum Gasteiger partial charge on any atom is 0.348 e. The number of methoxy groups -OCH3 is 2. The quantitative estimate of drug-likeness (QED) is 0.550. The minimum Gasteiger partial charge on any atom is -0.482 e. The first-order valence-electron chi connectivity index (χ1n) is 8.21. The average molecular weight is 407 g/mol. The number of nitrogen functional groups attached to an aromatic ring is 1. The molecule has 150 valence electrons. The highest BCUT2D eigenvalue weighted by Gasteiger charge is 2.28. The van der Waals surface area contributed by atoms with E-state index in [-0.39, 0.29) is 34.2 Å². The van der Waals surface area contributed by atoms with Gasteiger partial charge in [0.05, 0.1) is 14.2 Å². The Morgan fingerprint density at radius 3 is 2.39 bits per heavy atom. The summed E-state index contributed by atoms with van der Waals surface area (Å²) >= 11 is 0.863. The van der Waals surface area contributed by atoms with Gasteiger partial charge < -0.3 is 24.7 Å². The van der Waals surface area contributed by atoms with Crippen LogP contribution in [0.25, 0.3) is 0 Å². The first-order valence-corrected chi connectivity index (χ1v) is 9.03. The summed E-state index contributed by atoms with van der Waals surface area (Å²) in [7, 11) is 2.38. The van der Waals surface area contributed by atoms with Crippen LogP contribution < -0.4 is 10.5 Å². The van der Waals surface area contributed by atoms with Gasteiger partial charge in [0.1, 0.15) is 27.8 Å². The fourth-order valence-corrected chi connectivity index (χ4v) is 3.38. The predicted molar refractivity (Wildman–Crippen MR) is 103 cm³/mol. The molecule has 9 heteroatoms. The Morgan fingerprint density at radius 1 is 1.07 bits per heavy atom. The van der Waals surface area contributed by atoms with E-state index < -0.39 is 17.9 Å². The third kappa shape index (κ3) is 4.80. The first kappa shape index (κ1) is 21.2. The molecule has 0 aliphatic rings. The van der Waals surface area contributed by atoms with Crippen molar-refractivity contribution in [2.75, 3.05) is 26.6 Å². The van der Waals surface area contributed by atoms with Gasteiger partial charge in [-0.25, -0.2) is 14.4 Å². The van der Waals surface area contributed by atoms with Gasteiger partial charge in [0, 0.05) is 5.56 Å². The molecule has 2 aromatic rings. The zero-order chi connectivity index (χ0) is 20.8. The van der Waals surface area contributed by atoms with Crippen LogP contribution in [0.15, 0.2) is 18.2 Å². The summed E-state index contributed by atoms with van der Waals surface area (Å²) in [4.78, 5) is 36.1. The number of carbonyl (C=O) groups is 3. The number of anilines is 1. The van der Waals surface area contributed by atoms with E-state index in [0.717, 1.165) is 22.5 Å². The van der Waals surface area contributed by atoms with Crippen molar-refractivity contribution < 1.29 is 33.3 Å². The van der Waals surface area contributed by atoms with E-state index >= 15 is 0 Å². The molecule has 0 saturated carbocycles. The summed E-state index contributed by atoms with van der Waals surface area (Å²) in [5.41, 5.74) is 7.82. The van der Waals surface area contributed by atoms with Gasteiger partial charge in [-0.2, -0.15) is 0 Å².